The average Bonchev–Trinajstić information content (AvgIpc) is 2.31. The fourth-order valence-electron chi connectivity index (χ4n) is 1.60. The van der Waals surface area contributed by atoms with Crippen molar-refractivity contribution in [1.82, 2.24) is 0 Å². The standard InChI is InChI=1S/C13H10O5/c14-10-4-8(3-9(5-10)13(17)18)7-1-2-11(15)12(16)6-7/h1-6,14-16H,(H,17,18). The Morgan fingerprint density at radius 3 is 2.17 bits per heavy atom. The third-order valence-corrected chi connectivity index (χ3v) is 2.47. The predicted molar refractivity (Wildman–Crippen MR) is 63.8 cm³/mol. The van der Waals surface area contributed by atoms with Crippen molar-refractivity contribution in [2.24, 2.45) is 0 Å². The Hall–Kier alpha value is -2.69. The number of rotatable bonds is 2. The molecule has 2 rings (SSSR count). The predicted octanol–water partition coefficient (Wildman–Crippen LogP) is 2.17. The van der Waals surface area contributed by atoms with Crippen molar-refractivity contribution in [2.45, 2.75) is 0 Å². The SMILES string of the molecule is O=C(O)c1cc(O)cc(-c2ccc(O)c(O)c2)c1. The van der Waals surface area contributed by atoms with Gasteiger partial charge in [0.1, 0.15) is 5.75 Å². The van der Waals surface area contributed by atoms with Crippen molar-refractivity contribution in [2.75, 3.05) is 0 Å². The first-order chi connectivity index (χ1) is 8.47. The van der Waals surface area contributed by atoms with E-state index in [1.807, 2.05) is 0 Å². The van der Waals surface area contributed by atoms with Crippen LogP contribution in [0.1, 0.15) is 10.4 Å². The summed E-state index contributed by atoms with van der Waals surface area (Å²) in [6, 6.07) is 7.96. The number of carboxylic acids is 1. The fraction of sp³-hybridized carbons (Fsp3) is 0. The lowest BCUT2D eigenvalue weighted by Crippen LogP contribution is -1.96. The molecule has 2 aromatic rings. The smallest absolute Gasteiger partial charge is 0.335 e. The lowest BCUT2D eigenvalue weighted by Gasteiger charge is -2.06. The molecule has 0 amide bonds. The van der Waals surface area contributed by atoms with Gasteiger partial charge in [-0.1, -0.05) is 6.07 Å². The lowest BCUT2D eigenvalue weighted by molar-refractivity contribution is 0.0696. The molecule has 0 aliphatic carbocycles. The van der Waals surface area contributed by atoms with E-state index < -0.39 is 5.97 Å². The van der Waals surface area contributed by atoms with E-state index in [9.17, 15) is 20.1 Å². The van der Waals surface area contributed by atoms with Gasteiger partial charge in [0.15, 0.2) is 11.5 Å². The van der Waals surface area contributed by atoms with Crippen molar-refractivity contribution >= 4 is 5.97 Å². The molecule has 0 aliphatic rings. The van der Waals surface area contributed by atoms with Crippen molar-refractivity contribution in [3.8, 4) is 28.4 Å². The summed E-state index contributed by atoms with van der Waals surface area (Å²) in [5.74, 6) is -1.92. The van der Waals surface area contributed by atoms with Gasteiger partial charge in [-0.05, 0) is 41.5 Å². The molecular weight excluding hydrogens is 236 g/mol. The van der Waals surface area contributed by atoms with Crippen molar-refractivity contribution in [3.05, 3.63) is 42.0 Å². The van der Waals surface area contributed by atoms with Gasteiger partial charge in [0.05, 0.1) is 5.56 Å². The highest BCUT2D eigenvalue weighted by atomic mass is 16.4. The van der Waals surface area contributed by atoms with Crippen LogP contribution < -0.4 is 0 Å². The molecule has 18 heavy (non-hydrogen) atoms. The summed E-state index contributed by atoms with van der Waals surface area (Å²) in [5, 5.41) is 36.9. The number of hydrogen-bond acceptors (Lipinski definition) is 4. The summed E-state index contributed by atoms with van der Waals surface area (Å²) < 4.78 is 0. The van der Waals surface area contributed by atoms with Gasteiger partial charge in [-0.3, -0.25) is 0 Å². The molecule has 0 fully saturated rings. The van der Waals surface area contributed by atoms with Gasteiger partial charge >= 0.3 is 5.97 Å². The second-order valence-electron chi connectivity index (χ2n) is 3.78. The summed E-state index contributed by atoms with van der Waals surface area (Å²) in [4.78, 5) is 10.9. The van der Waals surface area contributed by atoms with E-state index in [1.54, 1.807) is 0 Å². The van der Waals surface area contributed by atoms with Crippen LogP contribution in [0.25, 0.3) is 11.1 Å². The van der Waals surface area contributed by atoms with Crippen LogP contribution in [-0.2, 0) is 0 Å². The maximum absolute atomic E-state index is 10.9. The highest BCUT2D eigenvalue weighted by Gasteiger charge is 2.09. The van der Waals surface area contributed by atoms with Gasteiger partial charge < -0.3 is 20.4 Å². The van der Waals surface area contributed by atoms with Crippen LogP contribution in [0.4, 0.5) is 0 Å². The Kier molecular flexibility index (Phi) is 2.81. The third-order valence-electron chi connectivity index (χ3n) is 2.47. The Balaban J connectivity index is 2.56. The number of aromatic carboxylic acids is 1. The topological polar surface area (TPSA) is 98.0 Å². The number of phenolic OH excluding ortho intramolecular Hbond substituents is 3. The van der Waals surface area contributed by atoms with E-state index in [1.165, 1.54) is 30.3 Å². The van der Waals surface area contributed by atoms with Crippen LogP contribution in [-0.4, -0.2) is 26.4 Å². The molecule has 0 atom stereocenters. The van der Waals surface area contributed by atoms with Crippen LogP contribution in [0.15, 0.2) is 36.4 Å². The maximum atomic E-state index is 10.9. The molecule has 5 heteroatoms. The normalized spacial score (nSPS) is 10.2. The molecule has 0 saturated carbocycles. The molecule has 0 spiro atoms. The largest absolute Gasteiger partial charge is 0.508 e. The van der Waals surface area contributed by atoms with Crippen molar-refractivity contribution < 1.29 is 25.2 Å². The molecule has 2 aromatic carbocycles. The fourth-order valence-corrected chi connectivity index (χ4v) is 1.60. The zero-order chi connectivity index (χ0) is 13.3. The summed E-state index contributed by atoms with van der Waals surface area (Å²) in [6.07, 6.45) is 0. The van der Waals surface area contributed by atoms with Crippen LogP contribution >= 0.6 is 0 Å². The van der Waals surface area contributed by atoms with Gasteiger partial charge in [0.25, 0.3) is 0 Å². The Morgan fingerprint density at radius 1 is 0.833 bits per heavy atom. The highest BCUT2D eigenvalue weighted by molar-refractivity contribution is 5.90. The first kappa shape index (κ1) is 11.8. The number of phenols is 3. The molecule has 0 bridgehead atoms. The van der Waals surface area contributed by atoms with Gasteiger partial charge in [-0.2, -0.15) is 0 Å². The minimum absolute atomic E-state index is 0.0578. The zero-order valence-corrected chi connectivity index (χ0v) is 9.16. The number of hydrogen-bond donors (Lipinski definition) is 4. The Morgan fingerprint density at radius 2 is 1.56 bits per heavy atom. The second-order valence-corrected chi connectivity index (χ2v) is 3.78. The molecule has 0 saturated heterocycles. The Labute approximate surface area is 102 Å². The highest BCUT2D eigenvalue weighted by Crippen LogP contribution is 2.32. The molecule has 0 unspecified atom stereocenters. The van der Waals surface area contributed by atoms with Crippen LogP contribution in [0.2, 0.25) is 0 Å². The molecule has 92 valence electrons. The minimum atomic E-state index is -1.16. The average molecular weight is 246 g/mol. The van der Waals surface area contributed by atoms with E-state index in [4.69, 9.17) is 5.11 Å². The summed E-state index contributed by atoms with van der Waals surface area (Å²) in [7, 11) is 0. The summed E-state index contributed by atoms with van der Waals surface area (Å²) >= 11 is 0. The number of benzene rings is 2. The van der Waals surface area contributed by atoms with Gasteiger partial charge in [-0.25, -0.2) is 4.79 Å². The van der Waals surface area contributed by atoms with Crippen molar-refractivity contribution in [3.63, 3.8) is 0 Å². The van der Waals surface area contributed by atoms with E-state index in [0.29, 0.717) is 11.1 Å². The second kappa shape index (κ2) is 4.29. The lowest BCUT2D eigenvalue weighted by atomic mass is 10.0. The first-order valence-electron chi connectivity index (χ1n) is 5.07. The third kappa shape index (κ3) is 2.20. The summed E-state index contributed by atoms with van der Waals surface area (Å²) in [6.45, 7) is 0. The molecular formula is C13H10O5. The van der Waals surface area contributed by atoms with Crippen LogP contribution in [0, 0.1) is 0 Å². The summed E-state index contributed by atoms with van der Waals surface area (Å²) in [5.41, 5.74) is 0.865. The minimum Gasteiger partial charge on any atom is -0.508 e. The van der Waals surface area contributed by atoms with E-state index >= 15 is 0 Å². The molecule has 0 aromatic heterocycles. The molecule has 4 N–H and O–H groups in total. The molecule has 5 nitrogen and oxygen atoms in total. The molecule has 0 heterocycles. The quantitative estimate of drug-likeness (QED) is 0.609. The molecule has 0 radical (unpaired) electrons. The van der Waals surface area contributed by atoms with Crippen LogP contribution in [0.3, 0.4) is 0 Å². The van der Waals surface area contributed by atoms with Gasteiger partial charge in [-0.15, -0.1) is 0 Å². The number of carbonyl (C=O) groups is 1. The number of aromatic hydroxyl groups is 3. The van der Waals surface area contributed by atoms with Crippen molar-refractivity contribution in [1.29, 1.82) is 0 Å². The monoisotopic (exact) mass is 246 g/mol. The van der Waals surface area contributed by atoms with E-state index in [-0.39, 0.29) is 22.8 Å². The number of carboxylic acid groups (broad SMARTS) is 1. The first-order valence-corrected chi connectivity index (χ1v) is 5.07. The molecule has 0 aliphatic heterocycles. The van der Waals surface area contributed by atoms with Gasteiger partial charge in [0.2, 0.25) is 0 Å². The maximum Gasteiger partial charge on any atom is 0.335 e. The Bertz CT molecular complexity index is 619. The van der Waals surface area contributed by atoms with E-state index in [0.717, 1.165) is 6.07 Å². The van der Waals surface area contributed by atoms with Crippen LogP contribution in [0.5, 0.6) is 17.2 Å². The van der Waals surface area contributed by atoms with Gasteiger partial charge in [0, 0.05) is 0 Å². The van der Waals surface area contributed by atoms with E-state index in [2.05, 4.69) is 0 Å². The zero-order valence-electron chi connectivity index (χ0n) is 9.16.